The standard InChI is InChI=1S/C32H47N3O6/c1-8-23-16-12-13-17-24(23)19-25(34-29(38)41-32(5,6)7)27(36)20-33-21-28(37)26(18-22-14-10-9-11-15-22)35(30(39)40)31(2,3)4/h8-17,25-28,33,36-37H,1,18-21H2,2-7H3,(H,34,38)(H,39,40)/p-1/t25-,26-,27+,28+/m0/s1. The summed E-state index contributed by atoms with van der Waals surface area (Å²) in [5.74, 6) is 0. The molecule has 0 unspecified atom stereocenters. The van der Waals surface area contributed by atoms with E-state index in [2.05, 4.69) is 17.2 Å². The average Bonchev–Trinajstić information content (AvgIpc) is 2.86. The minimum absolute atomic E-state index is 0.00315. The highest BCUT2D eigenvalue weighted by Crippen LogP contribution is 2.22. The van der Waals surface area contributed by atoms with Crippen LogP contribution in [0.5, 0.6) is 0 Å². The molecule has 0 bridgehead atoms. The summed E-state index contributed by atoms with van der Waals surface area (Å²) in [6.07, 6.45) is -1.90. The lowest BCUT2D eigenvalue weighted by atomic mass is 9.94. The molecule has 0 spiro atoms. The molecule has 4 N–H and O–H groups in total. The van der Waals surface area contributed by atoms with Gasteiger partial charge in [-0.3, -0.25) is 0 Å². The van der Waals surface area contributed by atoms with Crippen molar-refractivity contribution in [3.05, 3.63) is 77.9 Å². The van der Waals surface area contributed by atoms with Crippen molar-refractivity contribution in [3.63, 3.8) is 0 Å². The molecule has 9 heteroatoms. The predicted molar refractivity (Wildman–Crippen MR) is 159 cm³/mol. The average molecular weight is 569 g/mol. The second-order valence-electron chi connectivity index (χ2n) is 12.2. The van der Waals surface area contributed by atoms with Gasteiger partial charge in [-0.05, 0) is 71.1 Å². The molecule has 0 heterocycles. The van der Waals surface area contributed by atoms with Crippen LogP contribution in [0.4, 0.5) is 9.59 Å². The monoisotopic (exact) mass is 568 g/mol. The van der Waals surface area contributed by atoms with Gasteiger partial charge in [-0.15, -0.1) is 0 Å². The zero-order valence-electron chi connectivity index (χ0n) is 25.1. The van der Waals surface area contributed by atoms with E-state index in [0.717, 1.165) is 16.7 Å². The highest BCUT2D eigenvalue weighted by atomic mass is 16.6. The molecule has 2 aromatic rings. The summed E-state index contributed by atoms with van der Waals surface area (Å²) in [6, 6.07) is 15.4. The minimum Gasteiger partial charge on any atom is -0.530 e. The maximum atomic E-state index is 12.6. The summed E-state index contributed by atoms with van der Waals surface area (Å²) < 4.78 is 5.42. The summed E-state index contributed by atoms with van der Waals surface area (Å²) >= 11 is 0. The summed E-state index contributed by atoms with van der Waals surface area (Å²) in [5.41, 5.74) is 1.11. The van der Waals surface area contributed by atoms with Crippen LogP contribution >= 0.6 is 0 Å². The Labute approximate surface area is 244 Å². The quantitative estimate of drug-likeness (QED) is 0.292. The van der Waals surface area contributed by atoms with Crippen LogP contribution in [0.1, 0.15) is 58.2 Å². The number of rotatable bonds is 13. The molecule has 0 saturated heterocycles. The van der Waals surface area contributed by atoms with Gasteiger partial charge in [0.2, 0.25) is 0 Å². The summed E-state index contributed by atoms with van der Waals surface area (Å²) in [7, 11) is 0. The van der Waals surface area contributed by atoms with Crippen molar-refractivity contribution in [2.75, 3.05) is 13.1 Å². The van der Waals surface area contributed by atoms with Gasteiger partial charge in [0, 0.05) is 18.6 Å². The van der Waals surface area contributed by atoms with Gasteiger partial charge in [-0.2, -0.15) is 0 Å². The third-order valence-electron chi connectivity index (χ3n) is 6.57. The number of benzene rings is 2. The molecule has 0 fully saturated rings. The van der Waals surface area contributed by atoms with E-state index in [4.69, 9.17) is 4.74 Å². The van der Waals surface area contributed by atoms with Crippen molar-refractivity contribution >= 4 is 18.3 Å². The lowest BCUT2D eigenvalue weighted by molar-refractivity contribution is -0.275. The summed E-state index contributed by atoms with van der Waals surface area (Å²) in [5, 5.41) is 40.3. The Morgan fingerprint density at radius 2 is 1.54 bits per heavy atom. The summed E-state index contributed by atoms with van der Waals surface area (Å²) in [6.45, 7) is 14.4. The van der Waals surface area contributed by atoms with Crippen molar-refractivity contribution in [2.45, 2.75) is 89.8 Å². The molecule has 226 valence electrons. The van der Waals surface area contributed by atoms with Gasteiger partial charge in [0.05, 0.1) is 24.3 Å². The third-order valence-corrected chi connectivity index (χ3v) is 6.57. The molecular weight excluding hydrogens is 522 g/mol. The van der Waals surface area contributed by atoms with E-state index >= 15 is 0 Å². The fourth-order valence-corrected chi connectivity index (χ4v) is 4.72. The second-order valence-corrected chi connectivity index (χ2v) is 12.2. The van der Waals surface area contributed by atoms with E-state index in [0.29, 0.717) is 6.42 Å². The number of nitrogens with one attached hydrogen (secondary N) is 2. The number of nitrogens with zero attached hydrogens (tertiary/aromatic N) is 1. The lowest BCUT2D eigenvalue weighted by Gasteiger charge is -2.45. The number of carbonyl (C=O) groups is 2. The number of aliphatic hydroxyl groups is 2. The zero-order chi connectivity index (χ0) is 30.8. The first-order valence-electron chi connectivity index (χ1n) is 13.9. The van der Waals surface area contributed by atoms with E-state index < -0.39 is 47.6 Å². The third kappa shape index (κ3) is 11.2. The smallest absolute Gasteiger partial charge is 0.407 e. The predicted octanol–water partition coefficient (Wildman–Crippen LogP) is 3.13. The Morgan fingerprint density at radius 1 is 0.951 bits per heavy atom. The number of alkyl carbamates (subject to hydrolysis) is 1. The zero-order valence-corrected chi connectivity index (χ0v) is 25.1. The number of amides is 2. The van der Waals surface area contributed by atoms with Gasteiger partial charge < -0.3 is 40.4 Å². The Bertz CT molecular complexity index is 1130. The van der Waals surface area contributed by atoms with E-state index in [1.807, 2.05) is 54.6 Å². The van der Waals surface area contributed by atoms with Gasteiger partial charge in [0.1, 0.15) is 11.7 Å². The number of hydrogen-bond acceptors (Lipinski definition) is 7. The fourth-order valence-electron chi connectivity index (χ4n) is 4.72. The van der Waals surface area contributed by atoms with Gasteiger partial charge in [-0.1, -0.05) is 67.3 Å². The Kier molecular flexibility index (Phi) is 12.4. The van der Waals surface area contributed by atoms with Gasteiger partial charge >= 0.3 is 6.09 Å². The largest absolute Gasteiger partial charge is 0.530 e. The van der Waals surface area contributed by atoms with Gasteiger partial charge in [-0.25, -0.2) is 4.79 Å². The van der Waals surface area contributed by atoms with Crippen LogP contribution < -0.4 is 15.7 Å². The Balaban J connectivity index is 2.18. The maximum absolute atomic E-state index is 12.6. The maximum Gasteiger partial charge on any atom is 0.407 e. The SMILES string of the molecule is C=Cc1ccccc1C[C@H](NC(=O)OC(C)(C)C)[C@H](O)CNC[C@@H](O)[C@H](Cc1ccccc1)N(C(=O)[O-])C(C)(C)C. The van der Waals surface area contributed by atoms with Crippen LogP contribution in [-0.4, -0.2) is 75.8 Å². The Hall–Kier alpha value is -3.40. The molecule has 0 aliphatic heterocycles. The van der Waals surface area contributed by atoms with Crippen LogP contribution in [0.3, 0.4) is 0 Å². The number of carboxylic acid groups (broad SMARTS) is 1. The van der Waals surface area contributed by atoms with Crippen LogP contribution in [0.15, 0.2) is 61.2 Å². The summed E-state index contributed by atoms with van der Waals surface area (Å²) in [4.78, 5) is 25.9. The molecule has 0 aliphatic rings. The second kappa shape index (κ2) is 15.0. The van der Waals surface area contributed by atoms with Crippen molar-refractivity contribution in [3.8, 4) is 0 Å². The molecule has 0 radical (unpaired) electrons. The fraction of sp³-hybridized carbons (Fsp3) is 0.500. The number of hydrogen-bond donors (Lipinski definition) is 4. The van der Waals surface area contributed by atoms with Crippen LogP contribution in [0, 0.1) is 0 Å². The topological polar surface area (TPSA) is 134 Å². The lowest BCUT2D eigenvalue weighted by Crippen LogP contribution is -2.62. The van der Waals surface area contributed by atoms with Crippen LogP contribution in [-0.2, 0) is 17.6 Å². The molecule has 0 aromatic heterocycles. The number of carbonyl (C=O) groups excluding carboxylic acids is 2. The number of aliphatic hydroxyl groups excluding tert-OH is 2. The van der Waals surface area contributed by atoms with E-state index in [-0.39, 0.29) is 19.5 Å². The first kappa shape index (κ1) is 33.8. The van der Waals surface area contributed by atoms with Crippen molar-refractivity contribution in [1.29, 1.82) is 0 Å². The first-order valence-corrected chi connectivity index (χ1v) is 13.9. The molecular formula is C32H46N3O6-. The van der Waals surface area contributed by atoms with Crippen molar-refractivity contribution < 1.29 is 29.6 Å². The number of ether oxygens (including phenoxy) is 1. The molecule has 0 aliphatic carbocycles. The molecule has 2 rings (SSSR count). The van der Waals surface area contributed by atoms with E-state index in [1.165, 1.54) is 4.90 Å². The first-order chi connectivity index (χ1) is 19.1. The molecule has 2 aromatic carbocycles. The van der Waals surface area contributed by atoms with E-state index in [9.17, 15) is 24.9 Å². The van der Waals surface area contributed by atoms with Crippen LogP contribution in [0.25, 0.3) is 6.08 Å². The molecule has 9 nitrogen and oxygen atoms in total. The highest BCUT2D eigenvalue weighted by molar-refractivity contribution is 5.68. The molecule has 41 heavy (non-hydrogen) atoms. The molecule has 2 amide bonds. The van der Waals surface area contributed by atoms with Gasteiger partial charge in [0.15, 0.2) is 0 Å². The highest BCUT2D eigenvalue weighted by Gasteiger charge is 2.34. The van der Waals surface area contributed by atoms with E-state index in [1.54, 1.807) is 47.6 Å². The molecule has 0 saturated carbocycles. The van der Waals surface area contributed by atoms with Crippen molar-refractivity contribution in [2.24, 2.45) is 0 Å². The van der Waals surface area contributed by atoms with Crippen LogP contribution in [0.2, 0.25) is 0 Å². The van der Waals surface area contributed by atoms with Crippen molar-refractivity contribution in [1.82, 2.24) is 15.5 Å². The minimum atomic E-state index is -1.37. The normalized spacial score (nSPS) is 14.8. The molecule has 4 atom stereocenters. The van der Waals surface area contributed by atoms with Gasteiger partial charge in [0.25, 0.3) is 0 Å². The Morgan fingerprint density at radius 3 is 2.10 bits per heavy atom.